The average molecular weight is 383 g/mol. The summed E-state index contributed by atoms with van der Waals surface area (Å²) in [6.07, 6.45) is 0. The molecule has 0 N–H and O–H groups in total. The van der Waals surface area contributed by atoms with Crippen LogP contribution in [0.2, 0.25) is 0 Å². The molecule has 2 aromatic carbocycles. The first-order valence-electron chi connectivity index (χ1n) is 10.5. The van der Waals surface area contributed by atoms with Gasteiger partial charge in [0.1, 0.15) is 18.1 Å². The molecule has 0 unspecified atom stereocenters. The first-order valence-corrected chi connectivity index (χ1v) is 10.5. The Balaban J connectivity index is 1.46. The largest absolute Gasteiger partial charge is 0.494 e. The third-order valence-corrected chi connectivity index (χ3v) is 5.41. The molecule has 0 radical (unpaired) electrons. The van der Waals surface area contributed by atoms with Gasteiger partial charge in [-0.3, -0.25) is 4.90 Å². The molecule has 1 aliphatic rings. The van der Waals surface area contributed by atoms with Gasteiger partial charge < -0.3 is 14.4 Å². The van der Waals surface area contributed by atoms with Crippen molar-refractivity contribution in [2.75, 3.05) is 50.8 Å². The molecule has 1 saturated heterocycles. The molecule has 152 valence electrons. The van der Waals surface area contributed by atoms with E-state index in [1.54, 1.807) is 0 Å². The first kappa shape index (κ1) is 20.5. The smallest absolute Gasteiger partial charge is 0.122 e. The fourth-order valence-electron chi connectivity index (χ4n) is 3.58. The van der Waals surface area contributed by atoms with Gasteiger partial charge in [0.25, 0.3) is 0 Å². The number of aryl methyl sites for hydroxylation is 1. The lowest BCUT2D eigenvalue weighted by atomic mass is 10.0. The van der Waals surface area contributed by atoms with Gasteiger partial charge in [0.05, 0.1) is 6.61 Å². The SMILES string of the molecule is CCOc1cccc(N2CCN(CCOc3cc(C(C)C)ccc3C)CC2)c1. The highest BCUT2D eigenvalue weighted by atomic mass is 16.5. The van der Waals surface area contributed by atoms with Crippen LogP contribution in [0.1, 0.15) is 37.8 Å². The predicted molar refractivity (Wildman–Crippen MR) is 117 cm³/mol. The number of piperazine rings is 1. The van der Waals surface area contributed by atoms with Crippen LogP contribution in [-0.4, -0.2) is 50.8 Å². The lowest BCUT2D eigenvalue weighted by Gasteiger charge is -2.36. The summed E-state index contributed by atoms with van der Waals surface area (Å²) in [5.41, 5.74) is 3.80. The lowest BCUT2D eigenvalue weighted by molar-refractivity contribution is 0.200. The van der Waals surface area contributed by atoms with Crippen LogP contribution in [0.4, 0.5) is 5.69 Å². The van der Waals surface area contributed by atoms with Gasteiger partial charge in [0, 0.05) is 44.5 Å². The van der Waals surface area contributed by atoms with Crippen molar-refractivity contribution in [3.05, 3.63) is 53.6 Å². The minimum atomic E-state index is 0.525. The number of benzene rings is 2. The maximum atomic E-state index is 6.11. The zero-order chi connectivity index (χ0) is 19.9. The molecular formula is C24H34N2O2. The van der Waals surface area contributed by atoms with E-state index in [4.69, 9.17) is 9.47 Å². The van der Waals surface area contributed by atoms with E-state index in [0.717, 1.165) is 50.8 Å². The molecule has 28 heavy (non-hydrogen) atoms. The molecule has 1 heterocycles. The highest BCUT2D eigenvalue weighted by Crippen LogP contribution is 2.25. The second-order valence-corrected chi connectivity index (χ2v) is 7.79. The second-order valence-electron chi connectivity index (χ2n) is 7.79. The van der Waals surface area contributed by atoms with Gasteiger partial charge >= 0.3 is 0 Å². The van der Waals surface area contributed by atoms with E-state index in [1.165, 1.54) is 16.8 Å². The highest BCUT2D eigenvalue weighted by molar-refractivity contribution is 5.51. The maximum absolute atomic E-state index is 6.11. The molecule has 0 saturated carbocycles. The van der Waals surface area contributed by atoms with Gasteiger partial charge in [0.2, 0.25) is 0 Å². The number of rotatable bonds is 8. The van der Waals surface area contributed by atoms with Crippen molar-refractivity contribution in [1.29, 1.82) is 0 Å². The molecule has 2 aromatic rings. The summed E-state index contributed by atoms with van der Waals surface area (Å²) in [6.45, 7) is 15.2. The molecule has 1 aliphatic heterocycles. The van der Waals surface area contributed by atoms with E-state index in [1.807, 2.05) is 13.0 Å². The molecule has 0 aliphatic carbocycles. The van der Waals surface area contributed by atoms with Crippen LogP contribution in [0, 0.1) is 6.92 Å². The molecule has 0 aromatic heterocycles. The molecular weight excluding hydrogens is 348 g/mol. The van der Waals surface area contributed by atoms with E-state index >= 15 is 0 Å². The van der Waals surface area contributed by atoms with Crippen LogP contribution < -0.4 is 14.4 Å². The molecule has 0 bridgehead atoms. The summed E-state index contributed by atoms with van der Waals surface area (Å²) < 4.78 is 11.7. The fraction of sp³-hybridized carbons (Fsp3) is 0.500. The van der Waals surface area contributed by atoms with Crippen molar-refractivity contribution in [3.8, 4) is 11.5 Å². The van der Waals surface area contributed by atoms with Crippen LogP contribution in [0.3, 0.4) is 0 Å². The molecule has 0 spiro atoms. The number of hydrogen-bond donors (Lipinski definition) is 0. The van der Waals surface area contributed by atoms with Crippen LogP contribution in [-0.2, 0) is 0 Å². The minimum Gasteiger partial charge on any atom is -0.494 e. The Morgan fingerprint density at radius 3 is 2.46 bits per heavy atom. The Morgan fingerprint density at radius 2 is 1.75 bits per heavy atom. The van der Waals surface area contributed by atoms with Crippen LogP contribution in [0.15, 0.2) is 42.5 Å². The Kier molecular flexibility index (Phi) is 7.21. The Labute approximate surface area is 170 Å². The van der Waals surface area contributed by atoms with E-state index in [2.05, 4.69) is 67.0 Å². The van der Waals surface area contributed by atoms with Crippen molar-refractivity contribution in [1.82, 2.24) is 4.90 Å². The van der Waals surface area contributed by atoms with Gasteiger partial charge in [-0.15, -0.1) is 0 Å². The van der Waals surface area contributed by atoms with Crippen molar-refractivity contribution in [3.63, 3.8) is 0 Å². The van der Waals surface area contributed by atoms with Crippen molar-refractivity contribution < 1.29 is 9.47 Å². The molecule has 4 nitrogen and oxygen atoms in total. The standard InChI is InChI=1S/C24H34N2O2/c1-5-27-23-8-6-7-22(18-23)26-13-11-25(12-14-26)15-16-28-24-17-21(19(2)3)10-9-20(24)4/h6-10,17-19H,5,11-16H2,1-4H3. The maximum Gasteiger partial charge on any atom is 0.122 e. The average Bonchev–Trinajstić information content (AvgIpc) is 2.70. The quantitative estimate of drug-likeness (QED) is 0.660. The van der Waals surface area contributed by atoms with Gasteiger partial charge in [-0.25, -0.2) is 0 Å². The summed E-state index contributed by atoms with van der Waals surface area (Å²) in [5.74, 6) is 2.50. The third kappa shape index (κ3) is 5.41. The molecule has 1 fully saturated rings. The normalized spacial score (nSPS) is 15.1. The first-order chi connectivity index (χ1) is 13.6. The van der Waals surface area contributed by atoms with Gasteiger partial charge in [-0.05, 0) is 49.1 Å². The van der Waals surface area contributed by atoms with Crippen molar-refractivity contribution >= 4 is 5.69 Å². The van der Waals surface area contributed by atoms with Gasteiger partial charge in [-0.1, -0.05) is 32.0 Å². The van der Waals surface area contributed by atoms with Crippen molar-refractivity contribution in [2.24, 2.45) is 0 Å². The summed E-state index contributed by atoms with van der Waals surface area (Å²) >= 11 is 0. The monoisotopic (exact) mass is 382 g/mol. The molecule has 4 heteroatoms. The molecule has 0 amide bonds. The topological polar surface area (TPSA) is 24.9 Å². The highest BCUT2D eigenvalue weighted by Gasteiger charge is 2.17. The number of ether oxygens (including phenoxy) is 2. The Bertz CT molecular complexity index is 752. The van der Waals surface area contributed by atoms with Gasteiger partial charge in [-0.2, -0.15) is 0 Å². The molecule has 3 rings (SSSR count). The number of anilines is 1. The number of hydrogen-bond acceptors (Lipinski definition) is 4. The predicted octanol–water partition coefficient (Wildman–Crippen LogP) is 4.72. The number of nitrogens with zero attached hydrogens (tertiary/aromatic N) is 2. The fourth-order valence-corrected chi connectivity index (χ4v) is 3.58. The van der Waals surface area contributed by atoms with Gasteiger partial charge in [0.15, 0.2) is 0 Å². The summed E-state index contributed by atoms with van der Waals surface area (Å²) in [5, 5.41) is 0. The Morgan fingerprint density at radius 1 is 0.964 bits per heavy atom. The third-order valence-electron chi connectivity index (χ3n) is 5.41. The van der Waals surface area contributed by atoms with E-state index in [0.29, 0.717) is 12.5 Å². The Hall–Kier alpha value is -2.20. The van der Waals surface area contributed by atoms with E-state index < -0.39 is 0 Å². The zero-order valence-electron chi connectivity index (χ0n) is 17.8. The summed E-state index contributed by atoms with van der Waals surface area (Å²) in [6, 6.07) is 15.0. The van der Waals surface area contributed by atoms with Crippen LogP contribution >= 0.6 is 0 Å². The van der Waals surface area contributed by atoms with E-state index in [-0.39, 0.29) is 0 Å². The minimum absolute atomic E-state index is 0.525. The van der Waals surface area contributed by atoms with E-state index in [9.17, 15) is 0 Å². The summed E-state index contributed by atoms with van der Waals surface area (Å²) in [4.78, 5) is 4.93. The zero-order valence-corrected chi connectivity index (χ0v) is 17.8. The second kappa shape index (κ2) is 9.83. The summed E-state index contributed by atoms with van der Waals surface area (Å²) in [7, 11) is 0. The van der Waals surface area contributed by atoms with Crippen LogP contribution in [0.5, 0.6) is 11.5 Å². The van der Waals surface area contributed by atoms with Crippen LogP contribution in [0.25, 0.3) is 0 Å². The molecule has 0 atom stereocenters. The van der Waals surface area contributed by atoms with Crippen molar-refractivity contribution in [2.45, 2.75) is 33.6 Å². The lowest BCUT2D eigenvalue weighted by Crippen LogP contribution is -2.47.